The van der Waals surface area contributed by atoms with E-state index in [0.717, 1.165) is 12.1 Å². The van der Waals surface area contributed by atoms with Crippen LogP contribution in [0.5, 0.6) is 0 Å². The predicted molar refractivity (Wildman–Crippen MR) is 74.7 cm³/mol. The molecule has 2 rings (SSSR count). The molecule has 0 amide bonds. The van der Waals surface area contributed by atoms with E-state index in [-0.39, 0.29) is 31.1 Å². The first kappa shape index (κ1) is 17.9. The van der Waals surface area contributed by atoms with Gasteiger partial charge in [-0.05, 0) is 19.1 Å². The van der Waals surface area contributed by atoms with Crippen LogP contribution in [0.3, 0.4) is 0 Å². The lowest BCUT2D eigenvalue weighted by molar-refractivity contribution is -0.141. The summed E-state index contributed by atoms with van der Waals surface area (Å²) in [4.78, 5) is 19.3. The lowest BCUT2D eigenvalue weighted by atomic mass is 10.1. The number of aryl methyl sites for hydroxylation is 1. The predicted octanol–water partition coefficient (Wildman–Crippen LogP) is 2.12. The van der Waals surface area contributed by atoms with Crippen LogP contribution in [0.2, 0.25) is 0 Å². The maximum Gasteiger partial charge on any atom is 0.433 e. The van der Waals surface area contributed by atoms with E-state index in [4.69, 9.17) is 9.47 Å². The van der Waals surface area contributed by atoms with Crippen molar-refractivity contribution in [2.45, 2.75) is 26.3 Å². The number of hydrogen-bond acceptors (Lipinski definition) is 6. The molecule has 0 saturated carbocycles. The highest BCUT2D eigenvalue weighted by atomic mass is 19.4. The number of halogens is 3. The molecule has 2 aromatic heterocycles. The van der Waals surface area contributed by atoms with Crippen LogP contribution in [0.4, 0.5) is 13.2 Å². The van der Waals surface area contributed by atoms with Crippen molar-refractivity contribution in [2.24, 2.45) is 7.05 Å². The fraction of sp³-hybridized carbons (Fsp3) is 0.429. The molecule has 24 heavy (non-hydrogen) atoms. The topological polar surface area (TPSA) is 79.1 Å². The van der Waals surface area contributed by atoms with Gasteiger partial charge in [-0.1, -0.05) is 0 Å². The summed E-state index contributed by atoms with van der Waals surface area (Å²) in [7, 11) is 1.65. The van der Waals surface area contributed by atoms with Crippen molar-refractivity contribution in [2.75, 3.05) is 6.61 Å². The van der Waals surface area contributed by atoms with Crippen molar-refractivity contribution in [3.63, 3.8) is 0 Å². The molecule has 130 valence electrons. The van der Waals surface area contributed by atoms with E-state index in [2.05, 4.69) is 15.1 Å². The van der Waals surface area contributed by atoms with Crippen LogP contribution in [0.1, 0.15) is 34.5 Å². The zero-order valence-corrected chi connectivity index (χ0v) is 13.0. The quantitative estimate of drug-likeness (QED) is 0.747. The van der Waals surface area contributed by atoms with Gasteiger partial charge in [0.15, 0.2) is 5.82 Å². The standard InChI is InChI=1S/C14H15F3N4O3/c1-3-24-13(22)9-4-5-11(14(15,16)17)20-10(9)6-23-7-12-18-8-19-21(12)2/h4-5,8H,3,6-7H2,1-2H3. The summed E-state index contributed by atoms with van der Waals surface area (Å²) in [5, 5.41) is 3.85. The smallest absolute Gasteiger partial charge is 0.433 e. The molecule has 0 fully saturated rings. The molecular weight excluding hydrogens is 329 g/mol. The summed E-state index contributed by atoms with van der Waals surface area (Å²) in [5.41, 5.74) is -1.32. The van der Waals surface area contributed by atoms with Crippen LogP contribution in [0.15, 0.2) is 18.5 Å². The molecule has 0 aromatic carbocycles. The normalized spacial score (nSPS) is 11.5. The molecule has 0 aliphatic rings. The average molecular weight is 344 g/mol. The van der Waals surface area contributed by atoms with Crippen LogP contribution >= 0.6 is 0 Å². The molecule has 0 aliphatic carbocycles. The minimum atomic E-state index is -4.62. The molecule has 2 aromatic rings. The Morgan fingerprint density at radius 3 is 2.62 bits per heavy atom. The van der Waals surface area contributed by atoms with Gasteiger partial charge in [-0.2, -0.15) is 18.3 Å². The van der Waals surface area contributed by atoms with E-state index >= 15 is 0 Å². The number of rotatable bonds is 6. The molecule has 0 atom stereocenters. The highest BCUT2D eigenvalue weighted by Crippen LogP contribution is 2.28. The van der Waals surface area contributed by atoms with Crippen LogP contribution in [-0.2, 0) is 35.9 Å². The maximum absolute atomic E-state index is 12.8. The largest absolute Gasteiger partial charge is 0.462 e. The van der Waals surface area contributed by atoms with Gasteiger partial charge in [0.05, 0.1) is 24.5 Å². The molecule has 0 N–H and O–H groups in total. The third-order valence-corrected chi connectivity index (χ3v) is 3.04. The van der Waals surface area contributed by atoms with Crippen molar-refractivity contribution in [1.82, 2.24) is 19.7 Å². The lowest BCUT2D eigenvalue weighted by Crippen LogP contribution is -2.16. The minimum Gasteiger partial charge on any atom is -0.462 e. The minimum absolute atomic E-state index is 0.0106. The Morgan fingerprint density at radius 1 is 1.29 bits per heavy atom. The molecular formula is C14H15F3N4O3. The summed E-state index contributed by atoms with van der Waals surface area (Å²) in [6, 6.07) is 1.77. The van der Waals surface area contributed by atoms with Crippen molar-refractivity contribution in [3.05, 3.63) is 41.2 Å². The highest BCUT2D eigenvalue weighted by Gasteiger charge is 2.33. The molecule has 0 radical (unpaired) electrons. The van der Waals surface area contributed by atoms with Crippen LogP contribution in [0.25, 0.3) is 0 Å². The number of pyridine rings is 1. The number of carbonyl (C=O) groups excluding carboxylic acids is 1. The summed E-state index contributed by atoms with van der Waals surface area (Å²) >= 11 is 0. The maximum atomic E-state index is 12.8. The first-order valence-electron chi connectivity index (χ1n) is 6.97. The molecule has 2 heterocycles. The third-order valence-electron chi connectivity index (χ3n) is 3.04. The summed E-state index contributed by atoms with van der Waals surface area (Å²) in [5.74, 6) is -0.268. The van der Waals surface area contributed by atoms with Gasteiger partial charge in [0.25, 0.3) is 0 Å². The van der Waals surface area contributed by atoms with Gasteiger partial charge in [-0.25, -0.2) is 14.8 Å². The van der Waals surface area contributed by atoms with Crippen LogP contribution in [0, 0.1) is 0 Å². The van der Waals surface area contributed by atoms with Gasteiger partial charge < -0.3 is 9.47 Å². The number of ether oxygens (including phenoxy) is 2. The first-order chi connectivity index (χ1) is 11.3. The number of hydrogen-bond donors (Lipinski definition) is 0. The number of carbonyl (C=O) groups is 1. The number of aromatic nitrogens is 4. The monoisotopic (exact) mass is 344 g/mol. The fourth-order valence-corrected chi connectivity index (χ4v) is 1.85. The Morgan fingerprint density at radius 2 is 2.04 bits per heavy atom. The van der Waals surface area contributed by atoms with Gasteiger partial charge in [0.1, 0.15) is 18.6 Å². The zero-order chi connectivity index (χ0) is 17.7. The third kappa shape index (κ3) is 4.28. The van der Waals surface area contributed by atoms with E-state index in [1.54, 1.807) is 14.0 Å². The molecule has 7 nitrogen and oxygen atoms in total. The average Bonchev–Trinajstić information content (AvgIpc) is 2.92. The summed E-state index contributed by atoms with van der Waals surface area (Å²) in [6.07, 6.45) is -3.29. The van der Waals surface area contributed by atoms with Crippen molar-refractivity contribution < 1.29 is 27.4 Å². The molecule has 0 unspecified atom stereocenters. The first-order valence-corrected chi connectivity index (χ1v) is 6.97. The second kappa shape index (κ2) is 7.39. The zero-order valence-electron chi connectivity index (χ0n) is 13.0. The van der Waals surface area contributed by atoms with Crippen molar-refractivity contribution in [1.29, 1.82) is 0 Å². The Labute approximate surface area is 135 Å². The molecule has 0 aliphatic heterocycles. The molecule has 0 bridgehead atoms. The lowest BCUT2D eigenvalue weighted by Gasteiger charge is -2.12. The second-order valence-corrected chi connectivity index (χ2v) is 4.70. The second-order valence-electron chi connectivity index (χ2n) is 4.70. The van der Waals surface area contributed by atoms with E-state index in [1.807, 2.05) is 0 Å². The molecule has 10 heteroatoms. The van der Waals surface area contributed by atoms with Crippen molar-refractivity contribution >= 4 is 5.97 Å². The van der Waals surface area contributed by atoms with E-state index < -0.39 is 17.8 Å². The Hall–Kier alpha value is -2.49. The molecule has 0 saturated heterocycles. The SMILES string of the molecule is CCOC(=O)c1ccc(C(F)(F)F)nc1COCc1ncnn1C. The Balaban J connectivity index is 2.20. The Kier molecular flexibility index (Phi) is 5.50. The summed E-state index contributed by atoms with van der Waals surface area (Å²) < 4.78 is 50.0. The molecule has 0 spiro atoms. The Bertz CT molecular complexity index is 716. The van der Waals surface area contributed by atoms with Gasteiger partial charge in [0, 0.05) is 7.05 Å². The van der Waals surface area contributed by atoms with Gasteiger partial charge >= 0.3 is 12.1 Å². The van der Waals surface area contributed by atoms with E-state index in [1.165, 1.54) is 11.0 Å². The van der Waals surface area contributed by atoms with Crippen molar-refractivity contribution in [3.8, 4) is 0 Å². The van der Waals surface area contributed by atoms with Crippen LogP contribution in [-0.4, -0.2) is 32.3 Å². The summed E-state index contributed by atoms with van der Waals surface area (Å²) in [6.45, 7) is 1.40. The van der Waals surface area contributed by atoms with Gasteiger partial charge in [0.2, 0.25) is 0 Å². The van der Waals surface area contributed by atoms with Gasteiger partial charge in [-0.3, -0.25) is 4.68 Å². The number of esters is 1. The fourth-order valence-electron chi connectivity index (χ4n) is 1.85. The van der Waals surface area contributed by atoms with E-state index in [0.29, 0.717) is 5.82 Å². The van der Waals surface area contributed by atoms with Crippen LogP contribution < -0.4 is 0 Å². The number of alkyl halides is 3. The van der Waals surface area contributed by atoms with E-state index in [9.17, 15) is 18.0 Å². The highest BCUT2D eigenvalue weighted by molar-refractivity contribution is 5.90. The number of nitrogens with zero attached hydrogens (tertiary/aromatic N) is 4. The van der Waals surface area contributed by atoms with Gasteiger partial charge in [-0.15, -0.1) is 0 Å².